The Morgan fingerprint density at radius 3 is 1.51 bits per heavy atom. The number of nitrogens with zero attached hydrogens (tertiary/aromatic N) is 3. The van der Waals surface area contributed by atoms with Gasteiger partial charge in [-0.3, -0.25) is 33.9 Å². The third kappa shape index (κ3) is 6.61. The highest BCUT2D eigenvalue weighted by atomic mass is 35.5. The molecular formula is C28H25Cl2N3O4S2. The fourth-order valence-corrected chi connectivity index (χ4v) is 6.66. The van der Waals surface area contributed by atoms with Crippen LogP contribution in [0.1, 0.15) is 43.2 Å². The van der Waals surface area contributed by atoms with Crippen molar-refractivity contribution < 1.29 is 19.2 Å². The lowest BCUT2D eigenvalue weighted by Gasteiger charge is -2.37. The van der Waals surface area contributed by atoms with Crippen LogP contribution < -0.4 is 0 Å². The summed E-state index contributed by atoms with van der Waals surface area (Å²) in [5, 5.41) is 0.410. The van der Waals surface area contributed by atoms with Crippen molar-refractivity contribution >= 4 is 81.2 Å². The lowest BCUT2D eigenvalue weighted by Crippen LogP contribution is -2.51. The predicted molar refractivity (Wildman–Crippen MR) is 157 cm³/mol. The van der Waals surface area contributed by atoms with Crippen LogP contribution in [0.5, 0.6) is 0 Å². The molecule has 39 heavy (non-hydrogen) atoms. The maximum absolute atomic E-state index is 13.2. The van der Waals surface area contributed by atoms with E-state index in [1.165, 1.54) is 9.80 Å². The average molecular weight is 603 g/mol. The second-order valence-electron chi connectivity index (χ2n) is 9.49. The van der Waals surface area contributed by atoms with Gasteiger partial charge in [0, 0.05) is 16.1 Å². The van der Waals surface area contributed by atoms with Crippen molar-refractivity contribution in [3.05, 3.63) is 79.5 Å². The summed E-state index contributed by atoms with van der Waals surface area (Å²) in [6, 6.07) is 14.1. The molecule has 0 bridgehead atoms. The minimum atomic E-state index is -0.391. The van der Waals surface area contributed by atoms with Gasteiger partial charge in [-0.05, 0) is 83.9 Å². The summed E-state index contributed by atoms with van der Waals surface area (Å²) in [6.07, 6.45) is 8.21. The molecule has 0 unspecified atom stereocenters. The number of carbonyl (C=O) groups excluding carboxylic acids is 4. The predicted octanol–water partition coefficient (Wildman–Crippen LogP) is 7.32. The van der Waals surface area contributed by atoms with Gasteiger partial charge in [0.05, 0.1) is 23.1 Å². The highest BCUT2D eigenvalue weighted by molar-refractivity contribution is 8.18. The smallest absolute Gasteiger partial charge is 0.268 e. The average Bonchev–Trinajstić information content (AvgIpc) is 3.35. The van der Waals surface area contributed by atoms with E-state index in [4.69, 9.17) is 23.2 Å². The molecule has 2 aromatic rings. The van der Waals surface area contributed by atoms with Gasteiger partial charge < -0.3 is 0 Å². The fraction of sp³-hybridized carbons (Fsp3) is 0.286. The van der Waals surface area contributed by atoms with E-state index in [1.54, 1.807) is 60.7 Å². The SMILES string of the molecule is O=C1S/C(=C\c2ccc(Cl)cc2)C(=O)N1CN(CN1C(=O)S/C(=C\c2ccc(Cl)cc2)C1=O)C1CCCCC1. The number of halogens is 2. The van der Waals surface area contributed by atoms with Gasteiger partial charge in [-0.1, -0.05) is 66.7 Å². The van der Waals surface area contributed by atoms with E-state index in [9.17, 15) is 19.2 Å². The monoisotopic (exact) mass is 601 g/mol. The van der Waals surface area contributed by atoms with Gasteiger partial charge in [-0.2, -0.15) is 0 Å². The van der Waals surface area contributed by atoms with Gasteiger partial charge in [0.25, 0.3) is 22.3 Å². The molecule has 11 heteroatoms. The summed E-state index contributed by atoms with van der Waals surface area (Å²) in [4.78, 5) is 57.3. The fourth-order valence-electron chi connectivity index (χ4n) is 4.75. The van der Waals surface area contributed by atoms with Crippen LogP contribution >= 0.6 is 46.7 Å². The first-order valence-electron chi connectivity index (χ1n) is 12.5. The molecule has 7 nitrogen and oxygen atoms in total. The van der Waals surface area contributed by atoms with Crippen LogP contribution in [0.4, 0.5) is 9.59 Å². The molecule has 0 atom stereocenters. The minimum absolute atomic E-state index is 0.00521. The normalized spacial score (nSPS) is 20.9. The third-order valence-electron chi connectivity index (χ3n) is 6.82. The Morgan fingerprint density at radius 1 is 0.692 bits per heavy atom. The Hall–Kier alpha value is -2.56. The van der Waals surface area contributed by atoms with E-state index in [-0.39, 0.29) is 29.9 Å². The molecule has 1 aliphatic carbocycles. The van der Waals surface area contributed by atoms with Crippen molar-refractivity contribution in [3.8, 4) is 0 Å². The third-order valence-corrected chi connectivity index (χ3v) is 9.14. The van der Waals surface area contributed by atoms with Gasteiger partial charge >= 0.3 is 0 Å². The molecule has 202 valence electrons. The van der Waals surface area contributed by atoms with Crippen LogP contribution in [0.3, 0.4) is 0 Å². The molecule has 4 amide bonds. The Morgan fingerprint density at radius 2 is 1.10 bits per heavy atom. The van der Waals surface area contributed by atoms with E-state index in [0.717, 1.165) is 66.8 Å². The standard InChI is InChI=1S/C28H25Cl2N3O4S2/c29-20-10-6-18(7-11-20)14-23-25(34)32(27(36)38-23)16-31(22-4-2-1-3-5-22)17-33-26(35)24(39-28(33)37)15-19-8-12-21(30)13-9-19/h6-15,22H,1-5,16-17H2/b23-14-,24-15-. The molecular weight excluding hydrogens is 577 g/mol. The van der Waals surface area contributed by atoms with Gasteiger partial charge in [0.2, 0.25) is 0 Å². The highest BCUT2D eigenvalue weighted by Gasteiger charge is 2.41. The number of rotatable bonds is 7. The van der Waals surface area contributed by atoms with Crippen molar-refractivity contribution in [2.75, 3.05) is 13.3 Å². The summed E-state index contributed by atoms with van der Waals surface area (Å²) in [5.74, 6) is -0.782. The lowest BCUT2D eigenvalue weighted by molar-refractivity contribution is -0.127. The molecule has 0 radical (unpaired) electrons. The number of benzene rings is 2. The molecule has 2 aromatic carbocycles. The highest BCUT2D eigenvalue weighted by Crippen LogP contribution is 2.36. The number of thioether (sulfide) groups is 2. The quantitative estimate of drug-likeness (QED) is 0.308. The van der Waals surface area contributed by atoms with Crippen molar-refractivity contribution in [3.63, 3.8) is 0 Å². The largest absolute Gasteiger partial charge is 0.294 e. The molecule has 3 fully saturated rings. The van der Waals surface area contributed by atoms with E-state index in [1.807, 2.05) is 4.90 Å². The van der Waals surface area contributed by atoms with Crippen LogP contribution in [0.25, 0.3) is 12.2 Å². The van der Waals surface area contributed by atoms with Gasteiger partial charge in [0.1, 0.15) is 0 Å². The Bertz CT molecular complexity index is 1260. The number of carbonyl (C=O) groups is 4. The topological polar surface area (TPSA) is 78.0 Å². The minimum Gasteiger partial charge on any atom is -0.268 e. The molecule has 1 saturated carbocycles. The zero-order valence-electron chi connectivity index (χ0n) is 20.8. The van der Waals surface area contributed by atoms with Crippen molar-refractivity contribution in [2.24, 2.45) is 0 Å². The Labute approximate surface area is 245 Å². The van der Waals surface area contributed by atoms with E-state index in [0.29, 0.717) is 19.9 Å². The first kappa shape index (κ1) is 28.0. The zero-order valence-corrected chi connectivity index (χ0v) is 24.0. The second kappa shape index (κ2) is 12.3. The van der Waals surface area contributed by atoms with Crippen LogP contribution in [0.2, 0.25) is 10.0 Å². The maximum Gasteiger partial charge on any atom is 0.294 e. The van der Waals surface area contributed by atoms with Crippen LogP contribution in [0, 0.1) is 0 Å². The Kier molecular flexibility index (Phi) is 8.83. The number of hydrogen-bond donors (Lipinski definition) is 0. The zero-order chi connectivity index (χ0) is 27.5. The van der Waals surface area contributed by atoms with Crippen LogP contribution in [-0.2, 0) is 9.59 Å². The summed E-state index contributed by atoms with van der Waals surface area (Å²) in [7, 11) is 0. The number of hydrogen-bond acceptors (Lipinski definition) is 7. The Balaban J connectivity index is 1.34. The molecule has 0 aromatic heterocycles. The molecule has 2 aliphatic heterocycles. The second-order valence-corrected chi connectivity index (χ2v) is 12.3. The molecule has 0 N–H and O–H groups in total. The molecule has 2 heterocycles. The lowest BCUT2D eigenvalue weighted by atomic mass is 9.94. The van der Waals surface area contributed by atoms with E-state index in [2.05, 4.69) is 0 Å². The molecule has 3 aliphatic rings. The first-order valence-corrected chi connectivity index (χ1v) is 14.9. The van der Waals surface area contributed by atoms with Crippen LogP contribution in [0.15, 0.2) is 58.3 Å². The summed E-state index contributed by atoms with van der Waals surface area (Å²) >= 11 is 13.7. The molecule has 0 spiro atoms. The van der Waals surface area contributed by atoms with E-state index < -0.39 is 11.8 Å². The van der Waals surface area contributed by atoms with Crippen molar-refractivity contribution in [1.29, 1.82) is 0 Å². The van der Waals surface area contributed by atoms with Gasteiger partial charge in [-0.15, -0.1) is 0 Å². The molecule has 2 saturated heterocycles. The maximum atomic E-state index is 13.2. The van der Waals surface area contributed by atoms with Gasteiger partial charge in [-0.25, -0.2) is 0 Å². The summed E-state index contributed by atoms with van der Waals surface area (Å²) in [6.45, 7) is 0.0104. The van der Waals surface area contributed by atoms with Gasteiger partial charge in [0.15, 0.2) is 0 Å². The first-order chi connectivity index (χ1) is 18.8. The molecule has 5 rings (SSSR count). The number of imide groups is 2. The summed E-state index contributed by atoms with van der Waals surface area (Å²) < 4.78 is 0. The number of amides is 4. The van der Waals surface area contributed by atoms with Crippen molar-refractivity contribution in [1.82, 2.24) is 14.7 Å². The van der Waals surface area contributed by atoms with Crippen LogP contribution in [-0.4, -0.2) is 56.4 Å². The van der Waals surface area contributed by atoms with Crippen molar-refractivity contribution in [2.45, 2.75) is 38.1 Å². The van der Waals surface area contributed by atoms with E-state index >= 15 is 0 Å². The summed E-state index contributed by atoms with van der Waals surface area (Å²) in [5.41, 5.74) is 1.53.